The van der Waals surface area contributed by atoms with Crippen LogP contribution in [-0.4, -0.2) is 40.3 Å². The number of aromatic nitrogens is 2. The molecule has 1 rings (SSSR count). The number of hydrogen-bond acceptors (Lipinski definition) is 4. The van der Waals surface area contributed by atoms with Crippen molar-refractivity contribution in [3.63, 3.8) is 0 Å². The first-order chi connectivity index (χ1) is 8.60. The molecule has 1 heterocycles. The van der Waals surface area contributed by atoms with Crippen LogP contribution in [0.4, 0.5) is 0 Å². The second-order valence-electron chi connectivity index (χ2n) is 4.20. The summed E-state index contributed by atoms with van der Waals surface area (Å²) in [7, 11) is 0. The lowest BCUT2D eigenvalue weighted by atomic mass is 10.3. The van der Waals surface area contributed by atoms with Crippen LogP contribution in [0.3, 0.4) is 0 Å². The van der Waals surface area contributed by atoms with E-state index in [4.69, 9.17) is 4.74 Å². The first-order valence-corrected chi connectivity index (χ1v) is 6.51. The third kappa shape index (κ3) is 4.14. The van der Waals surface area contributed by atoms with Crippen molar-refractivity contribution in [1.29, 1.82) is 0 Å². The highest BCUT2D eigenvalue weighted by Crippen LogP contribution is 2.07. The van der Waals surface area contributed by atoms with Crippen molar-refractivity contribution in [2.24, 2.45) is 0 Å². The van der Waals surface area contributed by atoms with Gasteiger partial charge in [0.25, 0.3) is 0 Å². The van der Waals surface area contributed by atoms with E-state index < -0.39 is 0 Å². The van der Waals surface area contributed by atoms with Gasteiger partial charge >= 0.3 is 5.97 Å². The molecule has 5 nitrogen and oxygen atoms in total. The van der Waals surface area contributed by atoms with Crippen LogP contribution in [0.15, 0.2) is 6.07 Å². The molecule has 18 heavy (non-hydrogen) atoms. The highest BCUT2D eigenvalue weighted by atomic mass is 16.5. The van der Waals surface area contributed by atoms with Crippen LogP contribution in [0, 0.1) is 6.92 Å². The molecule has 0 unspecified atom stereocenters. The molecule has 0 N–H and O–H groups in total. The summed E-state index contributed by atoms with van der Waals surface area (Å²) >= 11 is 0. The normalized spacial score (nSPS) is 10.9. The third-order valence-corrected chi connectivity index (χ3v) is 2.78. The molecule has 0 bridgehead atoms. The minimum absolute atomic E-state index is 0.168. The molecule has 0 aliphatic carbocycles. The monoisotopic (exact) mass is 253 g/mol. The minimum Gasteiger partial charge on any atom is -0.465 e. The van der Waals surface area contributed by atoms with E-state index in [0.29, 0.717) is 13.2 Å². The van der Waals surface area contributed by atoms with Gasteiger partial charge in [-0.3, -0.25) is 14.4 Å². The molecule has 0 amide bonds. The zero-order valence-corrected chi connectivity index (χ0v) is 11.8. The number of rotatable bonds is 7. The van der Waals surface area contributed by atoms with Crippen molar-refractivity contribution in [1.82, 2.24) is 14.7 Å². The number of carbonyl (C=O) groups excluding carboxylic acids is 1. The third-order valence-electron chi connectivity index (χ3n) is 2.78. The summed E-state index contributed by atoms with van der Waals surface area (Å²) in [4.78, 5) is 13.5. The summed E-state index contributed by atoms with van der Waals surface area (Å²) in [5.41, 5.74) is 2.15. The Morgan fingerprint density at radius 1 is 1.44 bits per heavy atom. The van der Waals surface area contributed by atoms with Gasteiger partial charge in [0.15, 0.2) is 0 Å². The SMILES string of the molecule is CCOC(=O)CN(CC)Cc1cc(C)nn1CC. The van der Waals surface area contributed by atoms with Gasteiger partial charge in [0, 0.05) is 13.1 Å². The number of esters is 1. The van der Waals surface area contributed by atoms with Crippen LogP contribution >= 0.6 is 0 Å². The number of aryl methyl sites for hydroxylation is 2. The van der Waals surface area contributed by atoms with E-state index in [1.165, 1.54) is 0 Å². The number of carbonyl (C=O) groups is 1. The van der Waals surface area contributed by atoms with Gasteiger partial charge in [0.2, 0.25) is 0 Å². The molecule has 0 fully saturated rings. The number of nitrogens with zero attached hydrogens (tertiary/aromatic N) is 3. The fourth-order valence-electron chi connectivity index (χ4n) is 1.90. The summed E-state index contributed by atoms with van der Waals surface area (Å²) < 4.78 is 6.95. The van der Waals surface area contributed by atoms with Crippen molar-refractivity contribution in [2.45, 2.75) is 40.8 Å². The van der Waals surface area contributed by atoms with Crippen LogP contribution in [0.5, 0.6) is 0 Å². The standard InChI is InChI=1S/C13H23N3O2/c1-5-15(10-13(17)18-7-3)9-12-8-11(4)14-16(12)6-2/h8H,5-7,9-10H2,1-4H3. The van der Waals surface area contributed by atoms with Crippen LogP contribution in [0.25, 0.3) is 0 Å². The molecule has 0 saturated heterocycles. The number of hydrogen-bond donors (Lipinski definition) is 0. The lowest BCUT2D eigenvalue weighted by molar-refractivity contribution is -0.144. The van der Waals surface area contributed by atoms with Gasteiger partial charge in [-0.1, -0.05) is 6.92 Å². The molecule has 0 aliphatic rings. The second kappa shape index (κ2) is 7.16. The molecule has 0 spiro atoms. The first-order valence-electron chi connectivity index (χ1n) is 6.51. The zero-order chi connectivity index (χ0) is 13.5. The van der Waals surface area contributed by atoms with E-state index in [-0.39, 0.29) is 5.97 Å². The minimum atomic E-state index is -0.168. The highest BCUT2D eigenvalue weighted by molar-refractivity contribution is 5.71. The van der Waals surface area contributed by atoms with Gasteiger partial charge in [0.05, 0.1) is 24.5 Å². The van der Waals surface area contributed by atoms with Gasteiger partial charge in [-0.2, -0.15) is 5.10 Å². The summed E-state index contributed by atoms with van der Waals surface area (Å²) in [6.45, 7) is 11.1. The van der Waals surface area contributed by atoms with E-state index in [1.54, 1.807) is 0 Å². The van der Waals surface area contributed by atoms with Crippen molar-refractivity contribution in [3.8, 4) is 0 Å². The average molecular weight is 253 g/mol. The quantitative estimate of drug-likeness (QED) is 0.692. The van der Waals surface area contributed by atoms with Crippen LogP contribution in [0.2, 0.25) is 0 Å². The van der Waals surface area contributed by atoms with Crippen molar-refractivity contribution in [3.05, 3.63) is 17.5 Å². The maximum atomic E-state index is 11.5. The predicted octanol–water partition coefficient (Wildman–Crippen LogP) is 1.60. The number of ether oxygens (including phenoxy) is 1. The summed E-state index contributed by atoms with van der Waals surface area (Å²) in [5.74, 6) is -0.168. The van der Waals surface area contributed by atoms with Crippen LogP contribution in [0.1, 0.15) is 32.2 Å². The highest BCUT2D eigenvalue weighted by Gasteiger charge is 2.13. The van der Waals surface area contributed by atoms with E-state index in [1.807, 2.05) is 25.5 Å². The second-order valence-corrected chi connectivity index (χ2v) is 4.20. The Morgan fingerprint density at radius 3 is 2.72 bits per heavy atom. The first kappa shape index (κ1) is 14.7. The molecule has 0 atom stereocenters. The molecule has 1 aromatic rings. The Labute approximate surface area is 109 Å². The van der Waals surface area contributed by atoms with Gasteiger partial charge in [-0.25, -0.2) is 0 Å². The van der Waals surface area contributed by atoms with E-state index in [9.17, 15) is 4.79 Å². The fraction of sp³-hybridized carbons (Fsp3) is 0.692. The average Bonchev–Trinajstić information content (AvgIpc) is 2.68. The van der Waals surface area contributed by atoms with Crippen molar-refractivity contribution in [2.75, 3.05) is 19.7 Å². The summed E-state index contributed by atoms with van der Waals surface area (Å²) in [5, 5.41) is 4.41. The molecular formula is C13H23N3O2. The van der Waals surface area contributed by atoms with E-state index in [2.05, 4.69) is 23.0 Å². The molecule has 0 aromatic carbocycles. The lowest BCUT2D eigenvalue weighted by Crippen LogP contribution is -2.31. The largest absolute Gasteiger partial charge is 0.465 e. The molecule has 5 heteroatoms. The van der Waals surface area contributed by atoms with Crippen LogP contribution in [-0.2, 0) is 22.6 Å². The van der Waals surface area contributed by atoms with Gasteiger partial charge in [-0.15, -0.1) is 0 Å². The molecule has 1 aromatic heterocycles. The lowest BCUT2D eigenvalue weighted by Gasteiger charge is -2.19. The fourth-order valence-corrected chi connectivity index (χ4v) is 1.90. The molecule has 0 aliphatic heterocycles. The van der Waals surface area contributed by atoms with Crippen molar-refractivity contribution < 1.29 is 9.53 Å². The van der Waals surface area contributed by atoms with Gasteiger partial charge < -0.3 is 4.74 Å². The Kier molecular flexibility index (Phi) is 5.85. The molecule has 0 radical (unpaired) electrons. The zero-order valence-electron chi connectivity index (χ0n) is 11.8. The maximum absolute atomic E-state index is 11.5. The van der Waals surface area contributed by atoms with Crippen molar-refractivity contribution >= 4 is 5.97 Å². The van der Waals surface area contributed by atoms with Crippen LogP contribution < -0.4 is 0 Å². The summed E-state index contributed by atoms with van der Waals surface area (Å²) in [6, 6.07) is 2.07. The smallest absolute Gasteiger partial charge is 0.320 e. The molecule has 102 valence electrons. The Morgan fingerprint density at radius 2 is 2.17 bits per heavy atom. The Balaban J connectivity index is 2.64. The van der Waals surface area contributed by atoms with E-state index >= 15 is 0 Å². The Bertz CT molecular complexity index is 388. The van der Waals surface area contributed by atoms with Gasteiger partial charge in [0.1, 0.15) is 0 Å². The Hall–Kier alpha value is -1.36. The molecular weight excluding hydrogens is 230 g/mol. The maximum Gasteiger partial charge on any atom is 0.320 e. The number of likely N-dealkylation sites (N-methyl/N-ethyl adjacent to an activating group) is 1. The topological polar surface area (TPSA) is 47.4 Å². The van der Waals surface area contributed by atoms with E-state index in [0.717, 1.165) is 31.0 Å². The molecule has 0 saturated carbocycles. The van der Waals surface area contributed by atoms with Gasteiger partial charge in [-0.05, 0) is 33.4 Å². The predicted molar refractivity (Wildman–Crippen MR) is 70.2 cm³/mol. The summed E-state index contributed by atoms with van der Waals surface area (Å²) in [6.07, 6.45) is 0.